The maximum Gasteiger partial charge on any atom is 0.254 e. The van der Waals surface area contributed by atoms with Crippen LogP contribution in [0.5, 0.6) is 0 Å². The van der Waals surface area contributed by atoms with Crippen molar-refractivity contribution in [2.45, 2.75) is 58.4 Å². The fraction of sp³-hybridized carbons (Fsp3) is 0.400. The number of nitrogens with zero attached hydrogens (tertiary/aromatic N) is 2. The molecule has 36 heavy (non-hydrogen) atoms. The molecule has 1 unspecified atom stereocenters. The van der Waals surface area contributed by atoms with E-state index in [2.05, 4.69) is 79.3 Å². The van der Waals surface area contributed by atoms with Crippen molar-refractivity contribution in [1.82, 2.24) is 9.80 Å². The molecule has 1 aliphatic rings. The molecule has 6 heteroatoms. The van der Waals surface area contributed by atoms with E-state index in [1.54, 1.807) is 16.2 Å². The maximum atomic E-state index is 13.8. The third kappa shape index (κ3) is 5.92. The molecule has 190 valence electrons. The number of carbonyl (C=O) groups excluding carboxylic acids is 2. The second-order valence-corrected chi connectivity index (χ2v) is 12.4. The third-order valence-corrected chi connectivity index (χ3v) is 8.33. The Bertz CT molecular complexity index is 1210. The standard InChI is InChI=1S/C30H35BrN2O2S/c1-5-6-16-32(29(35)22-8-7-9-24(31)19-22)20-27(34)33-17-14-26-25(15-18-36-26)28(33)21-10-12-23(13-11-21)30(2,3)4/h7-13,15,18-19,28H,5-6,14,16-17,20H2,1-4H3. The molecule has 2 heterocycles. The monoisotopic (exact) mass is 566 g/mol. The Kier molecular flexibility index (Phi) is 8.36. The van der Waals surface area contributed by atoms with Crippen LogP contribution in [0.2, 0.25) is 0 Å². The quantitative estimate of drug-likeness (QED) is 0.302. The Morgan fingerprint density at radius 1 is 1.11 bits per heavy atom. The van der Waals surface area contributed by atoms with Crippen LogP contribution in [0.25, 0.3) is 0 Å². The molecule has 3 aromatic rings. The number of fused-ring (bicyclic) bond motifs is 1. The fourth-order valence-corrected chi connectivity index (χ4v) is 6.07. The van der Waals surface area contributed by atoms with Gasteiger partial charge in [0.05, 0.1) is 6.04 Å². The molecule has 4 nitrogen and oxygen atoms in total. The van der Waals surface area contributed by atoms with Gasteiger partial charge in [-0.2, -0.15) is 0 Å². The molecule has 0 spiro atoms. The number of amides is 2. The molecule has 0 N–H and O–H groups in total. The van der Waals surface area contributed by atoms with Crippen molar-refractivity contribution >= 4 is 39.1 Å². The molecule has 0 saturated carbocycles. The van der Waals surface area contributed by atoms with Gasteiger partial charge in [0.15, 0.2) is 0 Å². The summed E-state index contributed by atoms with van der Waals surface area (Å²) in [5.41, 5.74) is 4.27. The molecule has 1 atom stereocenters. The zero-order valence-corrected chi connectivity index (χ0v) is 24.0. The van der Waals surface area contributed by atoms with Crippen LogP contribution in [0, 0.1) is 0 Å². The molecular formula is C30H35BrN2O2S. The highest BCUT2D eigenvalue weighted by Crippen LogP contribution is 2.38. The topological polar surface area (TPSA) is 40.6 Å². The van der Waals surface area contributed by atoms with E-state index in [9.17, 15) is 9.59 Å². The van der Waals surface area contributed by atoms with Crippen molar-refractivity contribution in [3.05, 3.63) is 91.6 Å². The summed E-state index contributed by atoms with van der Waals surface area (Å²) in [5.74, 6) is -0.103. The first-order valence-electron chi connectivity index (χ1n) is 12.7. The fourth-order valence-electron chi connectivity index (χ4n) is 4.77. The lowest BCUT2D eigenvalue weighted by molar-refractivity contribution is -0.134. The van der Waals surface area contributed by atoms with E-state index in [4.69, 9.17) is 0 Å². The Morgan fingerprint density at radius 3 is 2.53 bits per heavy atom. The number of hydrogen-bond acceptors (Lipinski definition) is 3. The lowest BCUT2D eigenvalue weighted by Gasteiger charge is -2.38. The SMILES string of the molecule is CCCCN(CC(=O)N1CCc2sccc2C1c1ccc(C(C)(C)C)cc1)C(=O)c1cccc(Br)c1. The highest BCUT2D eigenvalue weighted by atomic mass is 79.9. The number of halogens is 1. The van der Waals surface area contributed by atoms with Crippen molar-refractivity contribution in [2.75, 3.05) is 19.6 Å². The highest BCUT2D eigenvalue weighted by Gasteiger charge is 2.34. The van der Waals surface area contributed by atoms with Crippen LogP contribution in [-0.2, 0) is 16.6 Å². The summed E-state index contributed by atoms with van der Waals surface area (Å²) in [6.45, 7) is 10.0. The van der Waals surface area contributed by atoms with Crippen molar-refractivity contribution in [2.24, 2.45) is 0 Å². The van der Waals surface area contributed by atoms with Crippen LogP contribution in [-0.4, -0.2) is 41.2 Å². The van der Waals surface area contributed by atoms with Crippen LogP contribution < -0.4 is 0 Å². The van der Waals surface area contributed by atoms with Gasteiger partial charge in [-0.15, -0.1) is 11.3 Å². The summed E-state index contributed by atoms with van der Waals surface area (Å²) < 4.78 is 0.856. The molecule has 2 aromatic carbocycles. The van der Waals surface area contributed by atoms with E-state index in [1.807, 2.05) is 29.2 Å². The third-order valence-electron chi connectivity index (χ3n) is 6.85. The van der Waals surface area contributed by atoms with Crippen LogP contribution in [0.1, 0.15) is 78.5 Å². The number of unbranched alkanes of at least 4 members (excludes halogenated alkanes) is 1. The van der Waals surface area contributed by atoms with Crippen molar-refractivity contribution in [3.8, 4) is 0 Å². The van der Waals surface area contributed by atoms with Gasteiger partial charge >= 0.3 is 0 Å². The van der Waals surface area contributed by atoms with Gasteiger partial charge in [-0.05, 0) is 64.6 Å². The van der Waals surface area contributed by atoms with Gasteiger partial charge in [-0.3, -0.25) is 9.59 Å². The van der Waals surface area contributed by atoms with Gasteiger partial charge in [0, 0.05) is 28.0 Å². The highest BCUT2D eigenvalue weighted by molar-refractivity contribution is 9.10. The number of hydrogen-bond donors (Lipinski definition) is 0. The van der Waals surface area contributed by atoms with Crippen LogP contribution in [0.15, 0.2) is 64.5 Å². The first-order valence-corrected chi connectivity index (χ1v) is 14.4. The minimum absolute atomic E-state index is 0.00352. The Labute approximate surface area is 227 Å². The van der Waals surface area contributed by atoms with Crippen LogP contribution in [0.3, 0.4) is 0 Å². The smallest absolute Gasteiger partial charge is 0.254 e. The second kappa shape index (κ2) is 11.3. The number of thiophene rings is 1. The lowest BCUT2D eigenvalue weighted by Crippen LogP contribution is -2.47. The zero-order valence-electron chi connectivity index (χ0n) is 21.6. The number of benzene rings is 2. The molecular weight excluding hydrogens is 532 g/mol. The van der Waals surface area contributed by atoms with E-state index < -0.39 is 0 Å². The zero-order chi connectivity index (χ0) is 25.9. The Morgan fingerprint density at radius 2 is 1.86 bits per heavy atom. The van der Waals surface area contributed by atoms with Crippen molar-refractivity contribution in [1.29, 1.82) is 0 Å². The minimum Gasteiger partial charge on any atom is -0.330 e. The molecule has 0 radical (unpaired) electrons. The predicted molar refractivity (Wildman–Crippen MR) is 152 cm³/mol. The molecule has 0 aliphatic carbocycles. The first kappa shape index (κ1) is 26.6. The van der Waals surface area contributed by atoms with E-state index in [-0.39, 0.29) is 29.8 Å². The van der Waals surface area contributed by atoms with Crippen molar-refractivity contribution < 1.29 is 9.59 Å². The van der Waals surface area contributed by atoms with Gasteiger partial charge in [-0.1, -0.05) is 80.4 Å². The van der Waals surface area contributed by atoms with Crippen LogP contribution in [0.4, 0.5) is 0 Å². The average Bonchev–Trinajstić information content (AvgIpc) is 3.34. The van der Waals surface area contributed by atoms with E-state index in [0.717, 1.165) is 29.3 Å². The van der Waals surface area contributed by atoms with E-state index in [1.165, 1.54) is 16.0 Å². The molecule has 0 bridgehead atoms. The van der Waals surface area contributed by atoms with Gasteiger partial charge in [0.2, 0.25) is 5.91 Å². The van der Waals surface area contributed by atoms with E-state index >= 15 is 0 Å². The molecule has 0 fully saturated rings. The van der Waals surface area contributed by atoms with Crippen LogP contribution >= 0.6 is 27.3 Å². The van der Waals surface area contributed by atoms with Gasteiger partial charge in [-0.25, -0.2) is 0 Å². The number of carbonyl (C=O) groups is 2. The van der Waals surface area contributed by atoms with Gasteiger partial charge in [0.25, 0.3) is 5.91 Å². The predicted octanol–water partition coefficient (Wildman–Crippen LogP) is 7.22. The first-order chi connectivity index (χ1) is 17.2. The summed E-state index contributed by atoms with van der Waals surface area (Å²) in [4.78, 5) is 32.3. The minimum atomic E-state index is -0.129. The van der Waals surface area contributed by atoms with Gasteiger partial charge in [0.1, 0.15) is 6.54 Å². The molecule has 1 aromatic heterocycles. The number of rotatable bonds is 7. The summed E-state index contributed by atoms with van der Waals surface area (Å²) in [6.07, 6.45) is 2.67. The molecule has 2 amide bonds. The molecule has 0 saturated heterocycles. The Balaban J connectivity index is 1.62. The van der Waals surface area contributed by atoms with Gasteiger partial charge < -0.3 is 9.80 Å². The van der Waals surface area contributed by atoms with Crippen molar-refractivity contribution in [3.63, 3.8) is 0 Å². The summed E-state index contributed by atoms with van der Waals surface area (Å²) in [6, 6.07) is 18.1. The summed E-state index contributed by atoms with van der Waals surface area (Å²) in [5, 5.41) is 2.12. The average molecular weight is 568 g/mol. The second-order valence-electron chi connectivity index (χ2n) is 10.5. The molecule has 4 rings (SSSR count). The Hall–Kier alpha value is -2.44. The lowest BCUT2D eigenvalue weighted by atomic mass is 9.85. The normalized spacial score (nSPS) is 15.5. The largest absolute Gasteiger partial charge is 0.330 e. The molecule has 1 aliphatic heterocycles. The summed E-state index contributed by atoms with van der Waals surface area (Å²) >= 11 is 5.23. The summed E-state index contributed by atoms with van der Waals surface area (Å²) in [7, 11) is 0. The maximum absolute atomic E-state index is 13.8. The van der Waals surface area contributed by atoms with E-state index in [0.29, 0.717) is 18.7 Å².